The van der Waals surface area contributed by atoms with E-state index in [0.717, 1.165) is 29.3 Å². The minimum absolute atomic E-state index is 0.00627. The Labute approximate surface area is 191 Å². The molecule has 174 valence electrons. The molecule has 0 aromatic carbocycles. The van der Waals surface area contributed by atoms with E-state index >= 15 is 0 Å². The first kappa shape index (κ1) is 25.6. The Kier molecular flexibility index (Phi) is 9.01. The van der Waals surface area contributed by atoms with Crippen molar-refractivity contribution in [2.24, 2.45) is 5.92 Å². The number of nitrogens with zero attached hydrogens (tertiary/aromatic N) is 1. The van der Waals surface area contributed by atoms with Crippen molar-refractivity contribution in [1.82, 2.24) is 9.88 Å². The molecule has 1 amide bonds. The molecule has 1 aliphatic rings. The average Bonchev–Trinajstić information content (AvgIpc) is 3.06. The van der Waals surface area contributed by atoms with Crippen LogP contribution in [0.15, 0.2) is 55.4 Å². The molecule has 1 N–H and O–H groups in total. The molecule has 0 radical (unpaired) electrons. The van der Waals surface area contributed by atoms with Crippen LogP contribution in [-0.2, 0) is 4.74 Å². The predicted octanol–water partition coefficient (Wildman–Crippen LogP) is 6.64. The van der Waals surface area contributed by atoms with Crippen molar-refractivity contribution in [3.63, 3.8) is 0 Å². The van der Waals surface area contributed by atoms with Gasteiger partial charge < -0.3 is 14.6 Å². The second-order valence-corrected chi connectivity index (χ2v) is 8.18. The van der Waals surface area contributed by atoms with Crippen LogP contribution >= 0.6 is 11.6 Å². The summed E-state index contributed by atoms with van der Waals surface area (Å²) in [4.78, 5) is 12.6. The van der Waals surface area contributed by atoms with Crippen LogP contribution < -0.4 is 5.32 Å². The second-order valence-electron chi connectivity index (χ2n) is 7.80. The van der Waals surface area contributed by atoms with E-state index in [1.54, 1.807) is 24.3 Å². The zero-order valence-electron chi connectivity index (χ0n) is 18.2. The van der Waals surface area contributed by atoms with Gasteiger partial charge in [-0.2, -0.15) is 0 Å². The van der Waals surface area contributed by atoms with Crippen molar-refractivity contribution < 1.29 is 22.7 Å². The quantitative estimate of drug-likeness (QED) is 0.238. The summed E-state index contributed by atoms with van der Waals surface area (Å²) in [5.74, 6) is 0.0991. The first-order valence-corrected chi connectivity index (χ1v) is 10.8. The SMILES string of the molecule is C=CC=C(CC(C)C)c1c(C=CC=CC(=C)OC(F)(F)F)cc2n1C(CCCl)CNC2=O. The molecule has 32 heavy (non-hydrogen) atoms. The number of hydrogen-bond acceptors (Lipinski definition) is 2. The van der Waals surface area contributed by atoms with Gasteiger partial charge in [-0.25, -0.2) is 0 Å². The third-order valence-corrected chi connectivity index (χ3v) is 4.99. The second kappa shape index (κ2) is 11.3. The van der Waals surface area contributed by atoms with Crippen molar-refractivity contribution in [1.29, 1.82) is 0 Å². The number of halogens is 4. The molecule has 2 heterocycles. The Morgan fingerprint density at radius 1 is 1.41 bits per heavy atom. The van der Waals surface area contributed by atoms with Gasteiger partial charge in [0, 0.05) is 18.0 Å². The topological polar surface area (TPSA) is 43.3 Å². The molecule has 1 aromatic rings. The van der Waals surface area contributed by atoms with Crippen LogP contribution in [0.4, 0.5) is 13.2 Å². The van der Waals surface area contributed by atoms with Gasteiger partial charge in [0.15, 0.2) is 0 Å². The number of ether oxygens (including phenoxy) is 1. The highest BCUT2D eigenvalue weighted by atomic mass is 35.5. The number of carbonyl (C=O) groups is 1. The molecule has 1 unspecified atom stereocenters. The molecule has 2 rings (SSSR count). The Morgan fingerprint density at radius 3 is 2.72 bits per heavy atom. The first-order valence-electron chi connectivity index (χ1n) is 10.3. The van der Waals surface area contributed by atoms with Crippen molar-refractivity contribution in [3.05, 3.63) is 72.3 Å². The molecule has 0 aliphatic carbocycles. The van der Waals surface area contributed by atoms with Gasteiger partial charge in [-0.1, -0.05) is 57.4 Å². The van der Waals surface area contributed by atoms with Gasteiger partial charge in [-0.3, -0.25) is 4.79 Å². The normalized spacial score (nSPS) is 17.2. The molecule has 1 aliphatic heterocycles. The standard InChI is InChI=1S/C24H28ClF3N2O2/c1-5-8-18(13-16(2)3)22-19(10-7-6-9-17(4)32-24(26,27)28)14-21-23(31)29-15-20(11-12-25)30(21)22/h5-10,14,16,20H,1,4,11-13,15H2,2-3H3,(H,29,31). The van der Waals surface area contributed by atoms with Crippen LogP contribution in [0.2, 0.25) is 0 Å². The first-order chi connectivity index (χ1) is 15.1. The summed E-state index contributed by atoms with van der Waals surface area (Å²) in [6.45, 7) is 11.7. The number of alkyl halides is 4. The Bertz CT molecular complexity index is 940. The van der Waals surface area contributed by atoms with Gasteiger partial charge in [-0.15, -0.1) is 24.8 Å². The van der Waals surface area contributed by atoms with Crippen molar-refractivity contribution in [2.45, 2.75) is 39.1 Å². The fourth-order valence-electron chi connectivity index (χ4n) is 3.65. The fourth-order valence-corrected chi connectivity index (χ4v) is 3.90. The number of carbonyl (C=O) groups excluding carboxylic acids is 1. The summed E-state index contributed by atoms with van der Waals surface area (Å²) in [5.41, 5.74) is 3.20. The lowest BCUT2D eigenvalue weighted by molar-refractivity contribution is -0.303. The number of nitrogens with one attached hydrogen (secondary N) is 1. The van der Waals surface area contributed by atoms with Crippen molar-refractivity contribution in [2.75, 3.05) is 12.4 Å². The lowest BCUT2D eigenvalue weighted by atomic mass is 9.96. The molecular weight excluding hydrogens is 441 g/mol. The zero-order chi connectivity index (χ0) is 23.9. The predicted molar refractivity (Wildman–Crippen MR) is 123 cm³/mol. The maximum atomic E-state index is 12.6. The van der Waals surface area contributed by atoms with Gasteiger partial charge in [0.25, 0.3) is 5.91 Å². The molecule has 0 fully saturated rings. The number of fused-ring (bicyclic) bond motifs is 1. The molecular formula is C24H28ClF3N2O2. The van der Waals surface area contributed by atoms with Crippen LogP contribution in [0, 0.1) is 5.92 Å². The van der Waals surface area contributed by atoms with Gasteiger partial charge in [0.2, 0.25) is 0 Å². The van der Waals surface area contributed by atoms with E-state index in [1.807, 2.05) is 10.6 Å². The monoisotopic (exact) mass is 468 g/mol. The summed E-state index contributed by atoms with van der Waals surface area (Å²) < 4.78 is 42.6. The van der Waals surface area contributed by atoms with Crippen LogP contribution in [0.5, 0.6) is 0 Å². The summed E-state index contributed by atoms with van der Waals surface area (Å²) in [5, 5.41) is 2.90. The molecule has 0 bridgehead atoms. The van der Waals surface area contributed by atoms with Gasteiger partial charge in [-0.05, 0) is 36.5 Å². The summed E-state index contributed by atoms with van der Waals surface area (Å²) in [6.07, 6.45) is 6.16. The summed E-state index contributed by atoms with van der Waals surface area (Å²) in [6, 6.07) is 1.78. The minimum Gasteiger partial charge on any atom is -0.406 e. The molecule has 1 aromatic heterocycles. The van der Waals surface area contributed by atoms with Crippen molar-refractivity contribution >= 4 is 29.2 Å². The van der Waals surface area contributed by atoms with E-state index in [1.165, 1.54) is 6.08 Å². The van der Waals surface area contributed by atoms with Gasteiger partial charge in [0.05, 0.1) is 11.7 Å². The zero-order valence-corrected chi connectivity index (χ0v) is 19.0. The van der Waals surface area contributed by atoms with E-state index in [2.05, 4.69) is 37.1 Å². The minimum atomic E-state index is -4.79. The number of amides is 1. The molecule has 0 spiro atoms. The van der Waals surface area contributed by atoms with Crippen LogP contribution in [0.1, 0.15) is 54.5 Å². The van der Waals surface area contributed by atoms with E-state index in [0.29, 0.717) is 30.5 Å². The van der Waals surface area contributed by atoms with Crippen LogP contribution in [0.3, 0.4) is 0 Å². The largest absolute Gasteiger partial charge is 0.573 e. The number of rotatable bonds is 10. The Hall–Kier alpha value is -2.67. The Morgan fingerprint density at radius 2 is 2.12 bits per heavy atom. The number of hydrogen-bond donors (Lipinski definition) is 1. The van der Waals surface area contributed by atoms with E-state index in [9.17, 15) is 18.0 Å². The molecule has 8 heteroatoms. The maximum absolute atomic E-state index is 12.6. The molecule has 4 nitrogen and oxygen atoms in total. The fraction of sp³-hybridized carbons (Fsp3) is 0.375. The van der Waals surface area contributed by atoms with E-state index in [4.69, 9.17) is 11.6 Å². The third-order valence-electron chi connectivity index (χ3n) is 4.77. The Balaban J connectivity index is 2.51. The summed E-state index contributed by atoms with van der Waals surface area (Å²) in [7, 11) is 0. The highest BCUT2D eigenvalue weighted by molar-refractivity contribution is 6.17. The van der Waals surface area contributed by atoms with Crippen molar-refractivity contribution in [3.8, 4) is 0 Å². The van der Waals surface area contributed by atoms with Crippen LogP contribution in [-0.4, -0.2) is 29.3 Å². The lowest BCUT2D eigenvalue weighted by Crippen LogP contribution is -2.39. The van der Waals surface area contributed by atoms with Gasteiger partial charge in [0.1, 0.15) is 11.5 Å². The highest BCUT2D eigenvalue weighted by Gasteiger charge is 2.31. The number of allylic oxidation sites excluding steroid dienone is 6. The average molecular weight is 469 g/mol. The van der Waals surface area contributed by atoms with E-state index in [-0.39, 0.29) is 11.9 Å². The molecule has 1 atom stereocenters. The lowest BCUT2D eigenvalue weighted by Gasteiger charge is -2.29. The molecule has 0 saturated carbocycles. The molecule has 0 saturated heterocycles. The third kappa shape index (κ3) is 6.92. The maximum Gasteiger partial charge on any atom is 0.573 e. The van der Waals surface area contributed by atoms with Gasteiger partial charge >= 0.3 is 6.36 Å². The highest BCUT2D eigenvalue weighted by Crippen LogP contribution is 2.35. The van der Waals surface area contributed by atoms with E-state index < -0.39 is 12.1 Å². The number of aromatic nitrogens is 1. The summed E-state index contributed by atoms with van der Waals surface area (Å²) >= 11 is 6.02. The smallest absolute Gasteiger partial charge is 0.406 e. The van der Waals surface area contributed by atoms with Crippen LogP contribution in [0.25, 0.3) is 11.6 Å².